The van der Waals surface area contributed by atoms with E-state index in [9.17, 15) is 10.1 Å². The second-order valence-electron chi connectivity index (χ2n) is 6.45. The van der Waals surface area contributed by atoms with Gasteiger partial charge in [-0.3, -0.25) is 4.79 Å². The van der Waals surface area contributed by atoms with Crippen LogP contribution in [0.3, 0.4) is 0 Å². The van der Waals surface area contributed by atoms with Crippen molar-refractivity contribution in [3.63, 3.8) is 0 Å². The van der Waals surface area contributed by atoms with Gasteiger partial charge in [-0.05, 0) is 66.2 Å². The standard InChI is InChI=1S/C24H18Cl2N2O3/c1-30-23-11-6-20(26)13-17(23)12-18(14-27)24(29)28-21-7-9-22(10-8-21)31-15-16-2-4-19(25)5-3-16/h2-13H,15H2,1H3,(H,28,29)/b18-12+. The number of carbonyl (C=O) groups is 1. The number of nitrogens with one attached hydrogen (secondary N) is 1. The first-order chi connectivity index (χ1) is 15.0. The van der Waals surface area contributed by atoms with Crippen LogP contribution in [0.4, 0.5) is 5.69 Å². The van der Waals surface area contributed by atoms with Gasteiger partial charge in [0.15, 0.2) is 0 Å². The number of halogens is 2. The molecular weight excluding hydrogens is 435 g/mol. The van der Waals surface area contributed by atoms with Gasteiger partial charge in [-0.25, -0.2) is 0 Å². The van der Waals surface area contributed by atoms with E-state index >= 15 is 0 Å². The van der Waals surface area contributed by atoms with Gasteiger partial charge in [0.2, 0.25) is 0 Å². The van der Waals surface area contributed by atoms with E-state index in [-0.39, 0.29) is 5.57 Å². The SMILES string of the molecule is COc1ccc(Cl)cc1/C=C(\C#N)C(=O)Nc1ccc(OCc2ccc(Cl)cc2)cc1. The van der Waals surface area contributed by atoms with Crippen molar-refractivity contribution < 1.29 is 14.3 Å². The summed E-state index contributed by atoms with van der Waals surface area (Å²) in [5.41, 5.74) is 1.97. The number of rotatable bonds is 7. The van der Waals surface area contributed by atoms with Crippen molar-refractivity contribution in [1.29, 1.82) is 5.26 Å². The third kappa shape index (κ3) is 6.26. The van der Waals surface area contributed by atoms with Crippen LogP contribution in [-0.4, -0.2) is 13.0 Å². The topological polar surface area (TPSA) is 71.3 Å². The molecule has 5 nitrogen and oxygen atoms in total. The summed E-state index contributed by atoms with van der Waals surface area (Å²) in [6, 6.07) is 21.1. The highest BCUT2D eigenvalue weighted by Crippen LogP contribution is 2.25. The Labute approximate surface area is 190 Å². The minimum absolute atomic E-state index is 0.0800. The number of anilines is 1. The number of methoxy groups -OCH3 is 1. The summed E-state index contributed by atoms with van der Waals surface area (Å²) >= 11 is 11.9. The molecule has 0 aliphatic heterocycles. The molecule has 0 atom stereocenters. The molecule has 0 aliphatic carbocycles. The number of benzene rings is 3. The van der Waals surface area contributed by atoms with Gasteiger partial charge >= 0.3 is 0 Å². The van der Waals surface area contributed by atoms with Gasteiger partial charge in [0.1, 0.15) is 29.7 Å². The zero-order chi connectivity index (χ0) is 22.2. The fourth-order valence-corrected chi connectivity index (χ4v) is 3.01. The Morgan fingerprint density at radius 2 is 1.71 bits per heavy atom. The van der Waals surface area contributed by atoms with Crippen LogP contribution in [0.1, 0.15) is 11.1 Å². The molecule has 3 rings (SSSR count). The average molecular weight is 453 g/mol. The van der Waals surface area contributed by atoms with E-state index in [1.807, 2.05) is 18.2 Å². The smallest absolute Gasteiger partial charge is 0.266 e. The number of nitriles is 1. The van der Waals surface area contributed by atoms with Crippen LogP contribution >= 0.6 is 23.2 Å². The quantitative estimate of drug-likeness (QED) is 0.345. The van der Waals surface area contributed by atoms with E-state index in [0.29, 0.717) is 39.4 Å². The van der Waals surface area contributed by atoms with Crippen molar-refractivity contribution in [2.24, 2.45) is 0 Å². The van der Waals surface area contributed by atoms with Crippen LogP contribution in [0.15, 0.2) is 72.3 Å². The lowest BCUT2D eigenvalue weighted by atomic mass is 10.1. The molecular formula is C24H18Cl2N2O3. The van der Waals surface area contributed by atoms with Crippen LogP contribution < -0.4 is 14.8 Å². The van der Waals surface area contributed by atoms with Crippen LogP contribution in [0.2, 0.25) is 10.0 Å². The summed E-state index contributed by atoms with van der Waals surface area (Å²) in [6.07, 6.45) is 1.43. The van der Waals surface area contributed by atoms with Crippen LogP contribution in [-0.2, 0) is 11.4 Å². The predicted octanol–water partition coefficient (Wildman–Crippen LogP) is 6.13. The Balaban J connectivity index is 1.66. The van der Waals surface area contributed by atoms with Gasteiger partial charge in [-0.1, -0.05) is 35.3 Å². The molecule has 0 fully saturated rings. The molecule has 0 aliphatic rings. The highest BCUT2D eigenvalue weighted by atomic mass is 35.5. The van der Waals surface area contributed by atoms with Crippen molar-refractivity contribution in [2.45, 2.75) is 6.61 Å². The Morgan fingerprint density at radius 3 is 2.35 bits per heavy atom. The molecule has 0 radical (unpaired) electrons. The maximum absolute atomic E-state index is 12.5. The lowest BCUT2D eigenvalue weighted by Gasteiger charge is -2.09. The van der Waals surface area contributed by atoms with Gasteiger partial charge in [-0.15, -0.1) is 0 Å². The molecule has 7 heteroatoms. The van der Waals surface area contributed by atoms with Crippen molar-refractivity contribution >= 4 is 40.9 Å². The second kappa shape index (κ2) is 10.5. The number of hydrogen-bond donors (Lipinski definition) is 1. The van der Waals surface area contributed by atoms with E-state index in [4.69, 9.17) is 32.7 Å². The van der Waals surface area contributed by atoms with Crippen LogP contribution in [0, 0.1) is 11.3 Å². The molecule has 3 aromatic carbocycles. The van der Waals surface area contributed by atoms with Crippen LogP contribution in [0.25, 0.3) is 6.08 Å². The lowest BCUT2D eigenvalue weighted by molar-refractivity contribution is -0.112. The van der Waals surface area contributed by atoms with E-state index < -0.39 is 5.91 Å². The van der Waals surface area contributed by atoms with Gasteiger partial charge in [0.25, 0.3) is 5.91 Å². The Bertz CT molecular complexity index is 1130. The maximum Gasteiger partial charge on any atom is 0.266 e. The van der Waals surface area contributed by atoms with Crippen molar-refractivity contribution in [1.82, 2.24) is 0 Å². The fraction of sp³-hybridized carbons (Fsp3) is 0.0833. The molecule has 0 spiro atoms. The molecule has 1 N–H and O–H groups in total. The number of ether oxygens (including phenoxy) is 2. The first-order valence-electron chi connectivity index (χ1n) is 9.22. The molecule has 1 amide bonds. The normalized spacial score (nSPS) is 10.8. The first kappa shape index (κ1) is 22.2. The average Bonchev–Trinajstić information content (AvgIpc) is 2.78. The highest BCUT2D eigenvalue weighted by Gasteiger charge is 2.12. The summed E-state index contributed by atoms with van der Waals surface area (Å²) < 4.78 is 11.0. The fourth-order valence-electron chi connectivity index (χ4n) is 2.70. The largest absolute Gasteiger partial charge is 0.496 e. The van der Waals surface area contributed by atoms with Gasteiger partial charge in [0.05, 0.1) is 7.11 Å². The summed E-state index contributed by atoms with van der Waals surface area (Å²) in [4.78, 5) is 12.5. The van der Waals surface area contributed by atoms with Crippen molar-refractivity contribution in [2.75, 3.05) is 12.4 Å². The third-order valence-corrected chi connectivity index (χ3v) is 4.77. The number of nitrogens with zero attached hydrogens (tertiary/aromatic N) is 1. The molecule has 0 bridgehead atoms. The van der Waals surface area contributed by atoms with E-state index in [1.54, 1.807) is 54.6 Å². The molecule has 0 aromatic heterocycles. The maximum atomic E-state index is 12.5. The predicted molar refractivity (Wildman–Crippen MR) is 122 cm³/mol. The minimum Gasteiger partial charge on any atom is -0.496 e. The Morgan fingerprint density at radius 1 is 1.03 bits per heavy atom. The minimum atomic E-state index is -0.542. The van der Waals surface area contributed by atoms with E-state index in [1.165, 1.54) is 13.2 Å². The van der Waals surface area contributed by atoms with Crippen molar-refractivity contribution in [3.8, 4) is 17.6 Å². The molecule has 0 saturated carbocycles. The molecule has 0 saturated heterocycles. The van der Waals surface area contributed by atoms with Gasteiger partial charge in [0, 0.05) is 21.3 Å². The molecule has 31 heavy (non-hydrogen) atoms. The van der Waals surface area contributed by atoms with E-state index in [2.05, 4.69) is 5.32 Å². The summed E-state index contributed by atoms with van der Waals surface area (Å²) in [7, 11) is 1.50. The molecule has 0 unspecified atom stereocenters. The zero-order valence-corrected chi connectivity index (χ0v) is 18.1. The summed E-state index contributed by atoms with van der Waals surface area (Å²) in [5.74, 6) is 0.610. The monoisotopic (exact) mass is 452 g/mol. The van der Waals surface area contributed by atoms with Gasteiger partial charge in [-0.2, -0.15) is 5.26 Å². The van der Waals surface area contributed by atoms with Gasteiger partial charge < -0.3 is 14.8 Å². The molecule has 3 aromatic rings. The van der Waals surface area contributed by atoms with Crippen molar-refractivity contribution in [3.05, 3.63) is 93.5 Å². The molecule has 0 heterocycles. The first-order valence-corrected chi connectivity index (χ1v) is 9.98. The number of amides is 1. The van der Waals surface area contributed by atoms with Crippen LogP contribution in [0.5, 0.6) is 11.5 Å². The number of hydrogen-bond acceptors (Lipinski definition) is 4. The second-order valence-corrected chi connectivity index (χ2v) is 7.32. The summed E-state index contributed by atoms with van der Waals surface area (Å²) in [6.45, 7) is 0.395. The summed E-state index contributed by atoms with van der Waals surface area (Å²) in [5, 5.41) is 13.3. The Hall–Kier alpha value is -3.46. The third-order valence-electron chi connectivity index (χ3n) is 4.29. The van der Waals surface area contributed by atoms with E-state index in [0.717, 1.165) is 5.56 Å². The lowest BCUT2D eigenvalue weighted by Crippen LogP contribution is -2.13. The zero-order valence-electron chi connectivity index (χ0n) is 16.6. The Kier molecular flexibility index (Phi) is 7.55. The molecule has 156 valence electrons. The number of carbonyl (C=O) groups excluding carboxylic acids is 1. The highest BCUT2D eigenvalue weighted by molar-refractivity contribution is 6.31.